The normalized spacial score (nSPS) is 10.2. The lowest BCUT2D eigenvalue weighted by Crippen LogP contribution is -2.09. The number of carboxylic acid groups (broad SMARTS) is 1. The Labute approximate surface area is 117 Å². The molecule has 1 heterocycles. The Morgan fingerprint density at radius 2 is 1.95 bits per heavy atom. The second-order valence-electron chi connectivity index (χ2n) is 4.49. The van der Waals surface area contributed by atoms with Gasteiger partial charge in [-0.15, -0.1) is 0 Å². The summed E-state index contributed by atoms with van der Waals surface area (Å²) in [5, 5.41) is 12.1. The Morgan fingerprint density at radius 3 is 2.55 bits per heavy atom. The molecule has 0 unspecified atom stereocenters. The summed E-state index contributed by atoms with van der Waals surface area (Å²) >= 11 is 0. The Kier molecular flexibility index (Phi) is 4.20. The third kappa shape index (κ3) is 3.26. The van der Waals surface area contributed by atoms with E-state index in [4.69, 9.17) is 10.8 Å². The van der Waals surface area contributed by atoms with E-state index in [0.717, 1.165) is 12.0 Å². The third-order valence-electron chi connectivity index (χ3n) is 3.03. The number of aromatic nitrogens is 1. The summed E-state index contributed by atoms with van der Waals surface area (Å²) in [5.41, 5.74) is 8.30. The van der Waals surface area contributed by atoms with Gasteiger partial charge in [0.1, 0.15) is 11.4 Å². The van der Waals surface area contributed by atoms with Crippen LogP contribution in [0.15, 0.2) is 36.5 Å². The number of aryl methyl sites for hydroxylation is 1. The predicted octanol–water partition coefficient (Wildman–Crippen LogP) is 2.54. The molecule has 0 saturated heterocycles. The molecule has 4 N–H and O–H groups in total. The van der Waals surface area contributed by atoms with E-state index in [2.05, 4.69) is 29.4 Å². The molecule has 0 spiro atoms. The molecule has 0 amide bonds. The lowest BCUT2D eigenvalue weighted by atomic mass is 10.1. The van der Waals surface area contributed by atoms with Crippen molar-refractivity contribution in [3.8, 4) is 0 Å². The first-order chi connectivity index (χ1) is 9.60. The van der Waals surface area contributed by atoms with Crippen LogP contribution in [0, 0.1) is 0 Å². The number of hydrogen-bond donors (Lipinski definition) is 3. The number of nitrogens with two attached hydrogens (primary N) is 1. The minimum Gasteiger partial charge on any atom is -0.478 e. The van der Waals surface area contributed by atoms with Crippen LogP contribution in [0.1, 0.15) is 28.4 Å². The standard InChI is InChI=1S/C15H17N3O2/c1-2-10-3-5-11(6-4-10)8-17-14-13(15(19)20)7-12(16)9-18-14/h3-7,9H,2,8,16H2,1H3,(H,17,18)(H,19,20). The molecule has 1 aromatic heterocycles. The fourth-order valence-corrected chi connectivity index (χ4v) is 1.86. The number of hydrogen-bond acceptors (Lipinski definition) is 4. The fourth-order valence-electron chi connectivity index (χ4n) is 1.86. The van der Waals surface area contributed by atoms with Crippen LogP contribution in [0.5, 0.6) is 0 Å². The Balaban J connectivity index is 2.12. The summed E-state index contributed by atoms with van der Waals surface area (Å²) in [4.78, 5) is 15.2. The number of nitrogen functional groups attached to an aromatic ring is 1. The highest BCUT2D eigenvalue weighted by atomic mass is 16.4. The number of nitrogens with one attached hydrogen (secondary N) is 1. The molecular weight excluding hydrogens is 254 g/mol. The SMILES string of the molecule is CCc1ccc(CNc2ncc(N)cc2C(=O)O)cc1. The molecule has 0 bridgehead atoms. The van der Waals surface area contributed by atoms with Gasteiger partial charge in [-0.1, -0.05) is 31.2 Å². The van der Waals surface area contributed by atoms with E-state index in [-0.39, 0.29) is 5.56 Å². The van der Waals surface area contributed by atoms with E-state index in [0.29, 0.717) is 18.1 Å². The molecule has 0 aliphatic heterocycles. The lowest BCUT2D eigenvalue weighted by Gasteiger charge is -2.09. The summed E-state index contributed by atoms with van der Waals surface area (Å²) < 4.78 is 0. The van der Waals surface area contributed by atoms with E-state index in [1.165, 1.54) is 17.8 Å². The Morgan fingerprint density at radius 1 is 1.30 bits per heavy atom. The first-order valence-electron chi connectivity index (χ1n) is 6.40. The van der Waals surface area contributed by atoms with E-state index >= 15 is 0 Å². The number of anilines is 2. The van der Waals surface area contributed by atoms with Gasteiger partial charge in [0.2, 0.25) is 0 Å². The zero-order valence-corrected chi connectivity index (χ0v) is 11.3. The minimum absolute atomic E-state index is 0.0789. The molecule has 0 saturated carbocycles. The van der Waals surface area contributed by atoms with E-state index in [9.17, 15) is 4.79 Å². The van der Waals surface area contributed by atoms with Crippen molar-refractivity contribution in [2.24, 2.45) is 0 Å². The van der Waals surface area contributed by atoms with Crippen molar-refractivity contribution in [3.05, 3.63) is 53.2 Å². The topological polar surface area (TPSA) is 88.2 Å². The second kappa shape index (κ2) is 6.06. The maximum atomic E-state index is 11.1. The van der Waals surface area contributed by atoms with Gasteiger partial charge in [0, 0.05) is 6.54 Å². The number of nitrogens with zero attached hydrogens (tertiary/aromatic N) is 1. The van der Waals surface area contributed by atoms with Crippen molar-refractivity contribution < 1.29 is 9.90 Å². The molecule has 0 atom stereocenters. The number of carboxylic acids is 1. The average molecular weight is 271 g/mol. The summed E-state index contributed by atoms with van der Waals surface area (Å²) in [5.74, 6) is -0.722. The first-order valence-corrected chi connectivity index (χ1v) is 6.40. The molecule has 5 nitrogen and oxygen atoms in total. The molecule has 0 fully saturated rings. The maximum Gasteiger partial charge on any atom is 0.339 e. The molecule has 5 heteroatoms. The predicted molar refractivity (Wildman–Crippen MR) is 78.8 cm³/mol. The van der Waals surface area contributed by atoms with Crippen LogP contribution in [0.25, 0.3) is 0 Å². The van der Waals surface area contributed by atoms with E-state index in [1.807, 2.05) is 12.1 Å². The monoisotopic (exact) mass is 271 g/mol. The molecule has 0 radical (unpaired) electrons. The van der Waals surface area contributed by atoms with Gasteiger partial charge in [0.25, 0.3) is 0 Å². The third-order valence-corrected chi connectivity index (χ3v) is 3.03. The van der Waals surface area contributed by atoms with Crippen molar-refractivity contribution in [3.63, 3.8) is 0 Å². The highest BCUT2D eigenvalue weighted by molar-refractivity contribution is 5.94. The molecule has 2 rings (SSSR count). The van der Waals surface area contributed by atoms with Crippen molar-refractivity contribution >= 4 is 17.5 Å². The van der Waals surface area contributed by atoms with Crippen LogP contribution in [0.4, 0.5) is 11.5 Å². The highest BCUT2D eigenvalue weighted by Crippen LogP contribution is 2.16. The number of rotatable bonds is 5. The smallest absolute Gasteiger partial charge is 0.339 e. The van der Waals surface area contributed by atoms with Crippen molar-refractivity contribution in [2.75, 3.05) is 11.1 Å². The highest BCUT2D eigenvalue weighted by Gasteiger charge is 2.11. The number of aromatic carboxylic acids is 1. The van der Waals surface area contributed by atoms with E-state index in [1.54, 1.807) is 0 Å². The van der Waals surface area contributed by atoms with Crippen LogP contribution in [0.2, 0.25) is 0 Å². The number of carbonyl (C=O) groups is 1. The average Bonchev–Trinajstić information content (AvgIpc) is 2.46. The summed E-state index contributed by atoms with van der Waals surface area (Å²) in [6.45, 7) is 2.62. The van der Waals surface area contributed by atoms with Gasteiger partial charge < -0.3 is 16.2 Å². The van der Waals surface area contributed by atoms with Crippen LogP contribution >= 0.6 is 0 Å². The van der Waals surface area contributed by atoms with Gasteiger partial charge in [0.15, 0.2) is 0 Å². The second-order valence-corrected chi connectivity index (χ2v) is 4.49. The molecule has 1 aromatic carbocycles. The molecular formula is C15H17N3O2. The minimum atomic E-state index is -1.05. The molecule has 0 aliphatic rings. The van der Waals surface area contributed by atoms with Gasteiger partial charge in [-0.25, -0.2) is 9.78 Å². The summed E-state index contributed by atoms with van der Waals surface area (Å²) in [6, 6.07) is 9.56. The quantitative estimate of drug-likeness (QED) is 0.777. The van der Waals surface area contributed by atoms with Crippen molar-refractivity contribution in [2.45, 2.75) is 19.9 Å². The summed E-state index contributed by atoms with van der Waals surface area (Å²) in [7, 11) is 0. The number of pyridine rings is 1. The fraction of sp³-hybridized carbons (Fsp3) is 0.200. The molecule has 2 aromatic rings. The van der Waals surface area contributed by atoms with Crippen LogP contribution in [-0.4, -0.2) is 16.1 Å². The van der Waals surface area contributed by atoms with Gasteiger partial charge in [-0.2, -0.15) is 0 Å². The van der Waals surface area contributed by atoms with Crippen LogP contribution in [-0.2, 0) is 13.0 Å². The van der Waals surface area contributed by atoms with Crippen LogP contribution in [0.3, 0.4) is 0 Å². The molecule has 104 valence electrons. The van der Waals surface area contributed by atoms with Crippen molar-refractivity contribution in [1.82, 2.24) is 4.98 Å². The van der Waals surface area contributed by atoms with Crippen LogP contribution < -0.4 is 11.1 Å². The van der Waals surface area contributed by atoms with Gasteiger partial charge in [-0.3, -0.25) is 0 Å². The molecule has 20 heavy (non-hydrogen) atoms. The lowest BCUT2D eigenvalue weighted by molar-refractivity contribution is 0.0697. The Hall–Kier alpha value is -2.56. The maximum absolute atomic E-state index is 11.1. The van der Waals surface area contributed by atoms with Crippen molar-refractivity contribution in [1.29, 1.82) is 0 Å². The van der Waals surface area contributed by atoms with E-state index < -0.39 is 5.97 Å². The zero-order valence-electron chi connectivity index (χ0n) is 11.3. The largest absolute Gasteiger partial charge is 0.478 e. The first kappa shape index (κ1) is 13.9. The van der Waals surface area contributed by atoms with Gasteiger partial charge in [0.05, 0.1) is 11.9 Å². The Bertz CT molecular complexity index is 609. The molecule has 0 aliphatic carbocycles. The number of benzene rings is 1. The summed E-state index contributed by atoms with van der Waals surface area (Å²) in [6.07, 6.45) is 2.44. The zero-order chi connectivity index (χ0) is 14.5. The van der Waals surface area contributed by atoms with Gasteiger partial charge >= 0.3 is 5.97 Å². The van der Waals surface area contributed by atoms with Gasteiger partial charge in [-0.05, 0) is 23.6 Å².